The van der Waals surface area contributed by atoms with Crippen LogP contribution in [0.1, 0.15) is 57.1 Å². The minimum Gasteiger partial charge on any atom is -0.493 e. The Morgan fingerprint density at radius 2 is 1.93 bits per heavy atom. The minimum atomic E-state index is 0.498. The zero-order chi connectivity index (χ0) is 20.5. The van der Waals surface area contributed by atoms with Gasteiger partial charge in [0, 0.05) is 18.7 Å². The van der Waals surface area contributed by atoms with Crippen molar-refractivity contribution in [3.05, 3.63) is 46.4 Å². The summed E-state index contributed by atoms with van der Waals surface area (Å²) in [4.78, 5) is 11.3. The fraction of sp³-hybridized carbons (Fsp3) is 0.500. The average molecular weight is 396 g/mol. The number of hydrogen-bond acceptors (Lipinski definition) is 5. The van der Waals surface area contributed by atoms with E-state index in [9.17, 15) is 4.91 Å². The Balaban J connectivity index is 1.84. The standard InChI is InChI=1S/C24H33N3O2/c1-3-5-7-13-29-23-9-8-18(14-21(23)17-25-11-6-4-2)20-15-19-10-12-26-24(19)22(16-20)27-28/h8-9,14-16,25-26H,3-7,10-13,17H2,1-2H3. The van der Waals surface area contributed by atoms with E-state index in [4.69, 9.17) is 4.74 Å². The molecule has 0 saturated heterocycles. The van der Waals surface area contributed by atoms with Crippen LogP contribution in [0.25, 0.3) is 11.1 Å². The number of fused-ring (bicyclic) bond motifs is 1. The smallest absolute Gasteiger partial charge is 0.131 e. The van der Waals surface area contributed by atoms with Crippen molar-refractivity contribution in [2.75, 3.05) is 25.0 Å². The third-order valence-corrected chi connectivity index (χ3v) is 5.42. The molecular weight excluding hydrogens is 362 g/mol. The van der Waals surface area contributed by atoms with Crippen LogP contribution in [0.3, 0.4) is 0 Å². The average Bonchev–Trinajstić information content (AvgIpc) is 3.23. The van der Waals surface area contributed by atoms with Crippen molar-refractivity contribution in [1.29, 1.82) is 0 Å². The minimum absolute atomic E-state index is 0.498. The molecule has 0 bridgehead atoms. The molecule has 1 heterocycles. The van der Waals surface area contributed by atoms with E-state index in [-0.39, 0.29) is 0 Å². The van der Waals surface area contributed by atoms with Gasteiger partial charge >= 0.3 is 0 Å². The lowest BCUT2D eigenvalue weighted by Gasteiger charge is -2.15. The van der Waals surface area contributed by atoms with Gasteiger partial charge in [0.05, 0.1) is 12.3 Å². The van der Waals surface area contributed by atoms with Gasteiger partial charge in [-0.25, -0.2) is 0 Å². The van der Waals surface area contributed by atoms with Crippen LogP contribution in [0.4, 0.5) is 11.4 Å². The van der Waals surface area contributed by atoms with E-state index in [2.05, 4.69) is 53.9 Å². The summed E-state index contributed by atoms with van der Waals surface area (Å²) in [5, 5.41) is 10.0. The highest BCUT2D eigenvalue weighted by Crippen LogP contribution is 2.38. The predicted molar refractivity (Wildman–Crippen MR) is 121 cm³/mol. The lowest BCUT2D eigenvalue weighted by Crippen LogP contribution is -2.15. The number of nitroso groups, excluding NO2 is 1. The molecule has 29 heavy (non-hydrogen) atoms. The summed E-state index contributed by atoms with van der Waals surface area (Å²) < 4.78 is 6.09. The molecule has 2 aromatic carbocycles. The molecule has 5 nitrogen and oxygen atoms in total. The maximum absolute atomic E-state index is 11.3. The van der Waals surface area contributed by atoms with Gasteiger partial charge in [0.15, 0.2) is 0 Å². The number of ether oxygens (including phenoxy) is 1. The van der Waals surface area contributed by atoms with E-state index in [1.807, 2.05) is 6.07 Å². The summed E-state index contributed by atoms with van der Waals surface area (Å²) in [5.41, 5.74) is 5.85. The van der Waals surface area contributed by atoms with Gasteiger partial charge in [-0.1, -0.05) is 39.2 Å². The van der Waals surface area contributed by atoms with Crippen LogP contribution in [0.5, 0.6) is 5.75 Å². The lowest BCUT2D eigenvalue weighted by atomic mass is 9.98. The van der Waals surface area contributed by atoms with E-state index < -0.39 is 0 Å². The highest BCUT2D eigenvalue weighted by Gasteiger charge is 2.17. The molecule has 2 aromatic rings. The van der Waals surface area contributed by atoms with Gasteiger partial charge in [-0.3, -0.25) is 0 Å². The van der Waals surface area contributed by atoms with Gasteiger partial charge in [0.2, 0.25) is 0 Å². The first-order valence-electron chi connectivity index (χ1n) is 11.0. The molecular formula is C24H33N3O2. The summed E-state index contributed by atoms with van der Waals surface area (Å²) in [6, 6.07) is 10.4. The molecule has 0 fully saturated rings. The second-order valence-corrected chi connectivity index (χ2v) is 7.71. The second kappa shape index (κ2) is 11.0. The number of unbranched alkanes of at least 4 members (excludes halogenated alkanes) is 3. The van der Waals surface area contributed by atoms with Gasteiger partial charge in [-0.15, -0.1) is 4.91 Å². The fourth-order valence-corrected chi connectivity index (χ4v) is 3.74. The molecule has 0 radical (unpaired) electrons. The molecule has 0 amide bonds. The maximum atomic E-state index is 11.3. The Morgan fingerprint density at radius 1 is 1.07 bits per heavy atom. The molecule has 2 N–H and O–H groups in total. The third kappa shape index (κ3) is 5.57. The summed E-state index contributed by atoms with van der Waals surface area (Å²) in [5.74, 6) is 0.949. The molecule has 1 aliphatic heterocycles. The molecule has 0 saturated carbocycles. The summed E-state index contributed by atoms with van der Waals surface area (Å²) in [6.07, 6.45) is 6.72. The molecule has 0 spiro atoms. The highest BCUT2D eigenvalue weighted by molar-refractivity contribution is 5.80. The van der Waals surface area contributed by atoms with E-state index in [1.54, 1.807) is 0 Å². The molecule has 0 atom stereocenters. The predicted octanol–water partition coefficient (Wildman–Crippen LogP) is 6.18. The first-order valence-corrected chi connectivity index (χ1v) is 11.0. The first-order chi connectivity index (χ1) is 14.3. The first kappa shape index (κ1) is 21.3. The number of hydrogen-bond donors (Lipinski definition) is 2. The summed E-state index contributed by atoms with van der Waals surface area (Å²) in [7, 11) is 0. The zero-order valence-electron chi connectivity index (χ0n) is 17.7. The van der Waals surface area contributed by atoms with Crippen LogP contribution in [0.15, 0.2) is 35.5 Å². The second-order valence-electron chi connectivity index (χ2n) is 7.71. The Labute approximate surface area is 174 Å². The number of anilines is 1. The maximum Gasteiger partial charge on any atom is 0.131 e. The summed E-state index contributed by atoms with van der Waals surface area (Å²) >= 11 is 0. The molecule has 0 unspecified atom stereocenters. The van der Waals surface area contributed by atoms with Gasteiger partial charge < -0.3 is 15.4 Å². The van der Waals surface area contributed by atoms with Crippen LogP contribution < -0.4 is 15.4 Å². The van der Waals surface area contributed by atoms with Crippen molar-refractivity contribution < 1.29 is 4.74 Å². The van der Waals surface area contributed by atoms with Crippen LogP contribution in [0.2, 0.25) is 0 Å². The van der Waals surface area contributed by atoms with Crippen molar-refractivity contribution in [2.45, 2.75) is 58.9 Å². The van der Waals surface area contributed by atoms with E-state index in [0.29, 0.717) is 5.69 Å². The molecule has 5 heteroatoms. The molecule has 0 aliphatic carbocycles. The molecule has 0 aromatic heterocycles. The highest BCUT2D eigenvalue weighted by atomic mass is 16.5. The SMILES string of the molecule is CCCCCOc1ccc(-c2cc3c(c(N=O)c2)NCC3)cc1CNCCCC. The Morgan fingerprint density at radius 3 is 2.72 bits per heavy atom. The number of nitrogens with zero attached hydrogens (tertiary/aromatic N) is 1. The van der Waals surface area contributed by atoms with Gasteiger partial charge in [0.25, 0.3) is 0 Å². The molecule has 1 aliphatic rings. The monoisotopic (exact) mass is 395 g/mol. The van der Waals surface area contributed by atoms with Gasteiger partial charge in [-0.05, 0) is 71.9 Å². The van der Waals surface area contributed by atoms with Crippen LogP contribution in [-0.4, -0.2) is 19.7 Å². The molecule has 3 rings (SSSR count). The van der Waals surface area contributed by atoms with Crippen LogP contribution >= 0.6 is 0 Å². The Hall–Kier alpha value is -2.40. The quantitative estimate of drug-likeness (QED) is 0.333. The zero-order valence-corrected chi connectivity index (χ0v) is 17.7. The van der Waals surface area contributed by atoms with E-state index >= 15 is 0 Å². The number of nitrogens with one attached hydrogen (secondary N) is 2. The topological polar surface area (TPSA) is 62.7 Å². The van der Waals surface area contributed by atoms with E-state index in [1.165, 1.54) is 31.2 Å². The van der Waals surface area contributed by atoms with Gasteiger partial charge in [-0.2, -0.15) is 0 Å². The fourth-order valence-electron chi connectivity index (χ4n) is 3.74. The molecule has 156 valence electrons. The number of rotatable bonds is 12. The van der Waals surface area contributed by atoms with Crippen molar-refractivity contribution in [3.63, 3.8) is 0 Å². The normalized spacial score (nSPS) is 12.5. The Bertz CT molecular complexity index is 820. The van der Waals surface area contributed by atoms with Crippen LogP contribution in [-0.2, 0) is 13.0 Å². The number of benzene rings is 2. The third-order valence-electron chi connectivity index (χ3n) is 5.42. The summed E-state index contributed by atoms with van der Waals surface area (Å²) in [6.45, 7) is 7.79. The van der Waals surface area contributed by atoms with Gasteiger partial charge in [0.1, 0.15) is 11.4 Å². The Kier molecular flexibility index (Phi) is 8.05. The van der Waals surface area contributed by atoms with Crippen molar-refractivity contribution >= 4 is 11.4 Å². The lowest BCUT2D eigenvalue weighted by molar-refractivity contribution is 0.302. The van der Waals surface area contributed by atoms with Crippen LogP contribution in [0, 0.1) is 4.91 Å². The van der Waals surface area contributed by atoms with Crippen molar-refractivity contribution in [1.82, 2.24) is 5.32 Å². The largest absolute Gasteiger partial charge is 0.493 e. The van der Waals surface area contributed by atoms with E-state index in [0.717, 1.165) is 67.2 Å². The van der Waals surface area contributed by atoms with Crippen molar-refractivity contribution in [3.8, 4) is 16.9 Å². The van der Waals surface area contributed by atoms with Crippen molar-refractivity contribution in [2.24, 2.45) is 5.18 Å².